The molecule has 0 spiro atoms. The summed E-state index contributed by atoms with van der Waals surface area (Å²) in [5.74, 6) is 0.619. The Hall–Kier alpha value is -3.76. The Balaban J connectivity index is 1.46. The minimum Gasteiger partial charge on any atom is -0.493 e. The minimum atomic E-state index is -0.538. The van der Waals surface area contributed by atoms with E-state index in [0.717, 1.165) is 16.7 Å². The van der Waals surface area contributed by atoms with Crippen LogP contribution in [0.4, 0.5) is 4.79 Å². The van der Waals surface area contributed by atoms with Crippen molar-refractivity contribution in [2.75, 3.05) is 27.4 Å². The quantitative estimate of drug-likeness (QED) is 0.177. The number of thioether (sulfide) groups is 1. The smallest absolute Gasteiger partial charge is 0.343 e. The number of halogens is 1. The molecule has 1 heterocycles. The first-order valence-corrected chi connectivity index (χ1v) is 12.7. The first-order valence-electron chi connectivity index (χ1n) is 11.1. The second-order valence-corrected chi connectivity index (χ2v) is 9.47. The maximum absolute atomic E-state index is 12.9. The largest absolute Gasteiger partial charge is 0.493 e. The zero-order chi connectivity index (χ0) is 26.4. The number of imide groups is 1. The third-order valence-electron chi connectivity index (χ3n) is 5.27. The van der Waals surface area contributed by atoms with Crippen LogP contribution >= 0.6 is 27.7 Å². The fraction of sp³-hybridized carbons (Fsp3) is 0.148. The second kappa shape index (κ2) is 12.0. The molecular weight excluding hydrogens is 562 g/mol. The summed E-state index contributed by atoms with van der Waals surface area (Å²) in [6, 6.07) is 19.0. The van der Waals surface area contributed by atoms with Crippen LogP contribution in [0.25, 0.3) is 6.08 Å². The van der Waals surface area contributed by atoms with Gasteiger partial charge in [-0.25, -0.2) is 4.79 Å². The topological polar surface area (TPSA) is 91.4 Å². The average molecular weight is 584 g/mol. The molecule has 10 heteroatoms. The van der Waals surface area contributed by atoms with Gasteiger partial charge in [-0.3, -0.25) is 14.5 Å². The Morgan fingerprint density at radius 3 is 2.32 bits per heavy atom. The Morgan fingerprint density at radius 1 is 0.946 bits per heavy atom. The molecule has 0 radical (unpaired) electrons. The lowest BCUT2D eigenvalue weighted by Gasteiger charge is -2.14. The Morgan fingerprint density at radius 2 is 1.62 bits per heavy atom. The molecular formula is C27H22BrNO7S. The van der Waals surface area contributed by atoms with E-state index >= 15 is 0 Å². The van der Waals surface area contributed by atoms with E-state index in [9.17, 15) is 14.4 Å². The molecule has 4 rings (SSSR count). The Kier molecular flexibility index (Phi) is 8.52. The van der Waals surface area contributed by atoms with Gasteiger partial charge >= 0.3 is 5.97 Å². The monoisotopic (exact) mass is 583 g/mol. The molecule has 190 valence electrons. The molecule has 3 aromatic carbocycles. The van der Waals surface area contributed by atoms with Gasteiger partial charge in [-0.1, -0.05) is 30.3 Å². The van der Waals surface area contributed by atoms with Crippen LogP contribution in [-0.4, -0.2) is 49.4 Å². The maximum atomic E-state index is 12.9. The number of methoxy groups -OCH3 is 2. The van der Waals surface area contributed by atoms with E-state index in [1.165, 1.54) is 14.2 Å². The van der Waals surface area contributed by atoms with E-state index in [-0.39, 0.29) is 34.8 Å². The lowest BCUT2D eigenvalue weighted by Crippen LogP contribution is -2.32. The minimum absolute atomic E-state index is 0.0848. The average Bonchev–Trinajstić information content (AvgIpc) is 3.17. The molecule has 0 aliphatic carbocycles. The third kappa shape index (κ3) is 6.15. The first-order chi connectivity index (χ1) is 17.9. The van der Waals surface area contributed by atoms with Gasteiger partial charge in [0.2, 0.25) is 0 Å². The van der Waals surface area contributed by atoms with E-state index < -0.39 is 11.9 Å². The van der Waals surface area contributed by atoms with Gasteiger partial charge < -0.3 is 18.9 Å². The van der Waals surface area contributed by atoms with Crippen molar-refractivity contribution in [3.63, 3.8) is 0 Å². The summed E-state index contributed by atoms with van der Waals surface area (Å²) in [6.45, 7) is 0.202. The van der Waals surface area contributed by atoms with E-state index in [1.54, 1.807) is 66.7 Å². The molecule has 1 aliphatic rings. The molecule has 0 saturated carbocycles. The molecule has 1 aliphatic heterocycles. The highest BCUT2D eigenvalue weighted by Gasteiger charge is 2.35. The van der Waals surface area contributed by atoms with E-state index in [1.807, 2.05) is 6.07 Å². The second-order valence-electron chi connectivity index (χ2n) is 7.62. The zero-order valence-corrected chi connectivity index (χ0v) is 22.3. The number of hydrogen-bond acceptors (Lipinski definition) is 8. The molecule has 2 amide bonds. The van der Waals surface area contributed by atoms with Crippen molar-refractivity contribution in [3.8, 4) is 23.0 Å². The first kappa shape index (κ1) is 26.3. The van der Waals surface area contributed by atoms with Crippen molar-refractivity contribution in [1.82, 2.24) is 4.90 Å². The number of para-hydroxylation sites is 2. The Bertz CT molecular complexity index is 1360. The number of ether oxygens (including phenoxy) is 4. The number of nitrogens with zero attached hydrogens (tertiary/aromatic N) is 1. The highest BCUT2D eigenvalue weighted by atomic mass is 79.9. The fourth-order valence-electron chi connectivity index (χ4n) is 3.48. The third-order valence-corrected chi connectivity index (χ3v) is 6.77. The van der Waals surface area contributed by atoms with Gasteiger partial charge in [0.15, 0.2) is 23.0 Å². The van der Waals surface area contributed by atoms with Crippen LogP contribution in [0.15, 0.2) is 76.1 Å². The molecule has 0 unspecified atom stereocenters. The number of esters is 1. The summed E-state index contributed by atoms with van der Waals surface area (Å²) < 4.78 is 22.4. The summed E-state index contributed by atoms with van der Waals surface area (Å²) in [5, 5.41) is -0.390. The normalized spacial score (nSPS) is 14.1. The molecule has 0 aromatic heterocycles. The summed E-state index contributed by atoms with van der Waals surface area (Å²) in [6.07, 6.45) is 1.59. The van der Waals surface area contributed by atoms with Gasteiger partial charge in [0.05, 0.1) is 35.7 Å². The molecule has 1 saturated heterocycles. The molecule has 0 bridgehead atoms. The van der Waals surface area contributed by atoms with Crippen LogP contribution in [0.5, 0.6) is 23.0 Å². The predicted molar refractivity (Wildman–Crippen MR) is 143 cm³/mol. The van der Waals surface area contributed by atoms with Gasteiger partial charge in [-0.15, -0.1) is 0 Å². The fourth-order valence-corrected chi connectivity index (χ4v) is 4.88. The van der Waals surface area contributed by atoms with Gasteiger partial charge in [0.1, 0.15) is 6.61 Å². The summed E-state index contributed by atoms with van der Waals surface area (Å²) in [5.41, 5.74) is 0.975. The number of rotatable bonds is 9. The van der Waals surface area contributed by atoms with Gasteiger partial charge in [-0.2, -0.15) is 0 Å². The van der Waals surface area contributed by atoms with Crippen LogP contribution in [0.1, 0.15) is 15.9 Å². The molecule has 37 heavy (non-hydrogen) atoms. The van der Waals surface area contributed by atoms with E-state index in [2.05, 4.69) is 15.9 Å². The van der Waals surface area contributed by atoms with Crippen LogP contribution in [0, 0.1) is 0 Å². The molecule has 0 N–H and O–H groups in total. The number of benzene rings is 3. The lowest BCUT2D eigenvalue weighted by molar-refractivity contribution is -0.123. The van der Waals surface area contributed by atoms with Crippen LogP contribution < -0.4 is 18.9 Å². The Labute approximate surface area is 226 Å². The van der Waals surface area contributed by atoms with Crippen LogP contribution in [0.2, 0.25) is 0 Å². The summed E-state index contributed by atoms with van der Waals surface area (Å²) >= 11 is 4.25. The number of hydrogen-bond donors (Lipinski definition) is 0. The molecule has 0 atom stereocenters. The lowest BCUT2D eigenvalue weighted by atomic mass is 10.1. The number of carbonyl (C=O) groups excluding carboxylic acids is 3. The van der Waals surface area contributed by atoms with Crippen molar-refractivity contribution in [1.29, 1.82) is 0 Å². The van der Waals surface area contributed by atoms with E-state index in [0.29, 0.717) is 27.1 Å². The maximum Gasteiger partial charge on any atom is 0.343 e. The molecule has 3 aromatic rings. The van der Waals surface area contributed by atoms with Crippen LogP contribution in [-0.2, 0) is 4.79 Å². The molecule has 8 nitrogen and oxygen atoms in total. The standard InChI is InChI=1S/C27H22BrNO7S/c1-33-20-10-6-7-11-21(20)35-13-12-29-25(30)23(37-27(29)32)16-17-14-19(28)24(22(15-17)34-2)36-26(31)18-8-4-3-5-9-18/h3-11,14-16H,12-13H2,1-2H3/b23-16-. The highest BCUT2D eigenvalue weighted by molar-refractivity contribution is 9.10. The number of carbonyl (C=O) groups is 3. The van der Waals surface area contributed by atoms with Crippen molar-refractivity contribution in [3.05, 3.63) is 87.2 Å². The van der Waals surface area contributed by atoms with Crippen LogP contribution in [0.3, 0.4) is 0 Å². The zero-order valence-electron chi connectivity index (χ0n) is 19.9. The van der Waals surface area contributed by atoms with Crippen molar-refractivity contribution in [2.24, 2.45) is 0 Å². The SMILES string of the molecule is COc1ccccc1OCCN1C(=O)S/C(=C\c2cc(Br)c(OC(=O)c3ccccc3)c(OC)c2)C1=O. The highest BCUT2D eigenvalue weighted by Crippen LogP contribution is 2.39. The number of amides is 2. The molecule has 1 fully saturated rings. The van der Waals surface area contributed by atoms with Gasteiger partial charge in [-0.05, 0) is 75.7 Å². The van der Waals surface area contributed by atoms with E-state index in [4.69, 9.17) is 18.9 Å². The predicted octanol–water partition coefficient (Wildman–Crippen LogP) is 5.80. The van der Waals surface area contributed by atoms with Crippen molar-refractivity contribution < 1.29 is 33.3 Å². The van der Waals surface area contributed by atoms with Crippen molar-refractivity contribution >= 4 is 50.9 Å². The van der Waals surface area contributed by atoms with Gasteiger partial charge in [0.25, 0.3) is 11.1 Å². The summed E-state index contributed by atoms with van der Waals surface area (Å²) in [7, 11) is 2.98. The van der Waals surface area contributed by atoms with Crippen molar-refractivity contribution in [2.45, 2.75) is 0 Å². The van der Waals surface area contributed by atoms with Gasteiger partial charge in [0, 0.05) is 0 Å². The summed E-state index contributed by atoms with van der Waals surface area (Å²) in [4.78, 5) is 39.3.